The third-order valence-corrected chi connectivity index (χ3v) is 11.9. The highest BCUT2D eigenvalue weighted by molar-refractivity contribution is 14.2. The van der Waals surface area contributed by atoms with Gasteiger partial charge in [0, 0.05) is 0 Å². The van der Waals surface area contributed by atoms with Crippen molar-refractivity contribution >= 4 is 28.4 Å². The first-order valence-electron chi connectivity index (χ1n) is 10.6. The second-order valence-corrected chi connectivity index (χ2v) is 16.0. The second-order valence-electron chi connectivity index (χ2n) is 7.29. The minimum absolute atomic E-state index is 0.327. The Balaban J connectivity index is 3.93. The van der Waals surface area contributed by atoms with Gasteiger partial charge in [0.15, 0.2) is 0 Å². The molecule has 0 aliphatic heterocycles. The Kier molecular flexibility index (Phi) is 18.7. The molecular formula is C21H45IS. The highest BCUT2D eigenvalue weighted by atomic mass is 127. The van der Waals surface area contributed by atoms with Gasteiger partial charge >= 0.3 is 0 Å². The molecule has 23 heavy (non-hydrogen) atoms. The van der Waals surface area contributed by atoms with E-state index in [4.69, 9.17) is 0 Å². The van der Waals surface area contributed by atoms with Crippen LogP contribution in [0.3, 0.4) is 0 Å². The van der Waals surface area contributed by atoms with E-state index in [9.17, 15) is 0 Å². The number of unbranched alkanes of at least 4 members (excludes halogenated alkanes) is 12. The molecule has 0 saturated heterocycles. The van der Waals surface area contributed by atoms with Crippen molar-refractivity contribution in [3.63, 3.8) is 0 Å². The van der Waals surface area contributed by atoms with Gasteiger partial charge in [-0.05, 0) is 57.7 Å². The Bertz CT molecular complexity index is 214. The van der Waals surface area contributed by atoms with Crippen molar-refractivity contribution in [3.05, 3.63) is 0 Å². The molecule has 0 heterocycles. The summed E-state index contributed by atoms with van der Waals surface area (Å²) in [5, 5.41) is 0. The van der Waals surface area contributed by atoms with E-state index < -0.39 is 0 Å². The van der Waals surface area contributed by atoms with Crippen LogP contribution in [0.1, 0.15) is 117 Å². The zero-order valence-corrected chi connectivity index (χ0v) is 19.5. The Morgan fingerprint density at radius 2 is 0.696 bits per heavy atom. The van der Waals surface area contributed by atoms with Crippen LogP contribution < -0.4 is 0 Å². The molecule has 0 spiro atoms. The molecule has 0 N–H and O–H groups in total. The van der Waals surface area contributed by atoms with Gasteiger partial charge in [0.25, 0.3) is 0 Å². The van der Waals surface area contributed by atoms with Crippen molar-refractivity contribution < 1.29 is 0 Å². The van der Waals surface area contributed by atoms with Crippen molar-refractivity contribution in [2.24, 2.45) is 0 Å². The van der Waals surface area contributed by atoms with Crippen molar-refractivity contribution in [2.75, 3.05) is 17.3 Å². The molecule has 0 aromatic heterocycles. The zero-order valence-electron chi connectivity index (χ0n) is 16.5. The predicted octanol–water partition coefficient (Wildman–Crippen LogP) is 9.05. The van der Waals surface area contributed by atoms with Gasteiger partial charge in [0.1, 0.15) is 0 Å². The number of hydrogen-bond donors (Lipinski definition) is 0. The molecule has 0 saturated carbocycles. The van der Waals surface area contributed by atoms with E-state index in [-0.39, 0.29) is 7.20 Å². The molecule has 0 bridgehead atoms. The molecule has 0 amide bonds. The number of rotatable bonds is 18. The topological polar surface area (TPSA) is 0 Å². The summed E-state index contributed by atoms with van der Waals surface area (Å²) in [5.41, 5.74) is 0. The van der Waals surface area contributed by atoms with E-state index in [0.717, 1.165) is 0 Å². The summed E-state index contributed by atoms with van der Waals surface area (Å²) in [6.45, 7) is 6.97. The summed E-state index contributed by atoms with van der Waals surface area (Å²) in [6, 6.07) is 0. The van der Waals surface area contributed by atoms with Crippen LogP contribution in [0.25, 0.3) is 0 Å². The molecular weight excluding hydrogens is 411 g/mol. The van der Waals surface area contributed by atoms with E-state index >= 15 is 0 Å². The molecule has 0 aromatic rings. The monoisotopic (exact) mass is 456 g/mol. The first-order valence-corrected chi connectivity index (χ1v) is 15.3. The summed E-state index contributed by atoms with van der Waals surface area (Å²) >= 11 is 2.93. The van der Waals surface area contributed by atoms with Crippen LogP contribution in [0.15, 0.2) is 0 Å². The van der Waals surface area contributed by atoms with Crippen molar-refractivity contribution in [2.45, 2.75) is 117 Å². The maximum atomic E-state index is 2.93. The van der Waals surface area contributed by atoms with Gasteiger partial charge in [-0.1, -0.05) is 97.8 Å². The lowest BCUT2D eigenvalue weighted by Crippen LogP contribution is -2.08. The average molecular weight is 457 g/mol. The van der Waals surface area contributed by atoms with E-state index in [2.05, 4.69) is 42.0 Å². The molecule has 0 rings (SSSR count). The normalized spacial score (nSPS) is 12.7. The second kappa shape index (κ2) is 17.9. The quantitative estimate of drug-likeness (QED) is 0.143. The third kappa shape index (κ3) is 16.3. The van der Waals surface area contributed by atoms with E-state index in [1.54, 1.807) is 17.3 Å². The molecule has 0 radical (unpaired) electrons. The first-order chi connectivity index (χ1) is 11.2. The molecule has 2 heteroatoms. The van der Waals surface area contributed by atoms with Crippen LogP contribution in [0.5, 0.6) is 0 Å². The van der Waals surface area contributed by atoms with Crippen LogP contribution in [-0.2, 0) is 0 Å². The smallest absolute Gasteiger partial charge is 0.0144 e. The lowest BCUT2D eigenvalue weighted by Gasteiger charge is -2.34. The lowest BCUT2D eigenvalue weighted by atomic mass is 10.1. The highest BCUT2D eigenvalue weighted by Gasteiger charge is 2.19. The molecule has 0 atom stereocenters. The first kappa shape index (κ1) is 24.1. The van der Waals surface area contributed by atoms with Crippen molar-refractivity contribution in [3.8, 4) is 0 Å². The van der Waals surface area contributed by atoms with Gasteiger partial charge in [-0.15, -0.1) is 0 Å². The third-order valence-electron chi connectivity index (χ3n) is 4.84. The highest BCUT2D eigenvalue weighted by Crippen LogP contribution is 2.58. The molecule has 0 aliphatic carbocycles. The Labute approximate surface area is 162 Å². The van der Waals surface area contributed by atoms with Crippen LogP contribution in [0, 0.1) is 0 Å². The summed E-state index contributed by atoms with van der Waals surface area (Å²) < 4.78 is 0. The Morgan fingerprint density at radius 1 is 0.435 bits per heavy atom. The van der Waals surface area contributed by atoms with Gasteiger partial charge in [-0.25, -0.2) is 0 Å². The van der Waals surface area contributed by atoms with Gasteiger partial charge in [0.05, 0.1) is 0 Å². The van der Waals surface area contributed by atoms with Crippen molar-refractivity contribution in [1.82, 2.24) is 0 Å². The SMILES string of the molecule is CCCCCCCCS(I)(CCCCC)CCCCCCCC. The molecule has 0 nitrogen and oxygen atoms in total. The summed E-state index contributed by atoms with van der Waals surface area (Å²) in [4.78, 5) is 0. The summed E-state index contributed by atoms with van der Waals surface area (Å²) in [6.07, 6.45) is 21.8. The standard InChI is InChI=1S/C21H45IS/c1-4-7-10-12-14-17-20-23(22,19-16-9-6-3)21-18-15-13-11-8-5-2/h4-21H2,1-3H3. The maximum absolute atomic E-state index is 2.93. The molecule has 0 unspecified atom stereocenters. The summed E-state index contributed by atoms with van der Waals surface area (Å²) in [7, 11) is -0.327. The van der Waals surface area contributed by atoms with Crippen LogP contribution in [0.4, 0.5) is 0 Å². The van der Waals surface area contributed by atoms with Crippen LogP contribution in [-0.4, -0.2) is 17.3 Å². The van der Waals surface area contributed by atoms with Crippen molar-refractivity contribution in [1.29, 1.82) is 0 Å². The predicted molar refractivity (Wildman–Crippen MR) is 122 cm³/mol. The molecule has 0 aromatic carbocycles. The van der Waals surface area contributed by atoms with Gasteiger partial charge < -0.3 is 0 Å². The van der Waals surface area contributed by atoms with E-state index in [1.165, 1.54) is 96.3 Å². The number of halogens is 1. The molecule has 142 valence electrons. The summed E-state index contributed by atoms with van der Waals surface area (Å²) in [5.74, 6) is 4.65. The minimum Gasteiger partial charge on any atom is -0.187 e. The maximum Gasteiger partial charge on any atom is -0.0144 e. The fourth-order valence-corrected chi connectivity index (χ4v) is 8.78. The molecule has 0 aliphatic rings. The Hall–Kier alpha value is 1.08. The van der Waals surface area contributed by atoms with Gasteiger partial charge in [-0.2, -0.15) is 7.20 Å². The lowest BCUT2D eigenvalue weighted by molar-refractivity contribution is 0.622. The number of hydrogen-bond acceptors (Lipinski definition) is 0. The van der Waals surface area contributed by atoms with Gasteiger partial charge in [-0.3, -0.25) is 0 Å². The van der Waals surface area contributed by atoms with Crippen LogP contribution >= 0.6 is 28.4 Å². The van der Waals surface area contributed by atoms with Crippen LogP contribution in [0.2, 0.25) is 0 Å². The minimum atomic E-state index is -0.327. The Morgan fingerprint density at radius 3 is 1.09 bits per heavy atom. The zero-order chi connectivity index (χ0) is 17.2. The van der Waals surface area contributed by atoms with Gasteiger partial charge in [0.2, 0.25) is 0 Å². The fraction of sp³-hybridized carbons (Fsp3) is 1.00. The molecule has 0 fully saturated rings. The average Bonchev–Trinajstić information content (AvgIpc) is 2.54. The van der Waals surface area contributed by atoms with E-state index in [1.807, 2.05) is 0 Å². The largest absolute Gasteiger partial charge is 0.187 e. The fourth-order valence-electron chi connectivity index (χ4n) is 3.20. The van der Waals surface area contributed by atoms with E-state index in [0.29, 0.717) is 0 Å².